The quantitative estimate of drug-likeness (QED) is 0.687. The molecule has 3 rings (SSSR count). The lowest BCUT2D eigenvalue weighted by Crippen LogP contribution is -2.24. The number of rotatable bonds is 5. The number of H-pyrrole nitrogens is 1. The molecule has 1 heterocycles. The molecular weight excluding hydrogens is 291 g/mol. The SMILES string of the molecule is CC(C)(COCc1ccccc1)c1cc2cc(N)c(F)cc2[nH]1. The molecular formula is C19H21FN2O. The fourth-order valence-corrected chi connectivity index (χ4v) is 2.61. The lowest BCUT2D eigenvalue weighted by atomic mass is 9.90. The van der Waals surface area contributed by atoms with Gasteiger partial charge in [0.1, 0.15) is 5.82 Å². The van der Waals surface area contributed by atoms with Gasteiger partial charge in [-0.15, -0.1) is 0 Å². The summed E-state index contributed by atoms with van der Waals surface area (Å²) in [5.74, 6) is -0.399. The van der Waals surface area contributed by atoms with Crippen LogP contribution < -0.4 is 5.73 Å². The Morgan fingerprint density at radius 1 is 1.13 bits per heavy atom. The fourth-order valence-electron chi connectivity index (χ4n) is 2.61. The van der Waals surface area contributed by atoms with Crippen molar-refractivity contribution in [2.45, 2.75) is 25.9 Å². The minimum Gasteiger partial charge on any atom is -0.396 e. The molecule has 0 atom stereocenters. The van der Waals surface area contributed by atoms with Crippen LogP contribution >= 0.6 is 0 Å². The van der Waals surface area contributed by atoms with Crippen LogP contribution in [-0.2, 0) is 16.8 Å². The highest BCUT2D eigenvalue weighted by atomic mass is 19.1. The summed E-state index contributed by atoms with van der Waals surface area (Å²) in [7, 11) is 0. The topological polar surface area (TPSA) is 51.0 Å². The zero-order valence-corrected chi connectivity index (χ0v) is 13.4. The molecule has 3 nitrogen and oxygen atoms in total. The molecule has 3 N–H and O–H groups in total. The zero-order valence-electron chi connectivity index (χ0n) is 13.4. The van der Waals surface area contributed by atoms with Gasteiger partial charge in [0.2, 0.25) is 0 Å². The summed E-state index contributed by atoms with van der Waals surface area (Å²) in [5.41, 5.74) is 8.50. The van der Waals surface area contributed by atoms with Crippen LogP contribution in [0, 0.1) is 5.82 Å². The third kappa shape index (κ3) is 3.37. The normalized spacial score (nSPS) is 12.0. The second kappa shape index (κ2) is 6.05. The lowest BCUT2D eigenvalue weighted by molar-refractivity contribution is 0.0814. The van der Waals surface area contributed by atoms with Gasteiger partial charge in [0, 0.05) is 28.1 Å². The number of ether oxygens (including phenoxy) is 1. The molecule has 0 aliphatic carbocycles. The van der Waals surface area contributed by atoms with E-state index in [4.69, 9.17) is 10.5 Å². The van der Waals surface area contributed by atoms with E-state index in [2.05, 4.69) is 18.8 Å². The molecule has 0 aliphatic heterocycles. The van der Waals surface area contributed by atoms with Crippen molar-refractivity contribution in [3.05, 3.63) is 65.6 Å². The number of fused-ring (bicyclic) bond motifs is 1. The van der Waals surface area contributed by atoms with E-state index < -0.39 is 5.82 Å². The van der Waals surface area contributed by atoms with Crippen LogP contribution in [0.4, 0.5) is 10.1 Å². The molecule has 23 heavy (non-hydrogen) atoms. The second-order valence-corrected chi connectivity index (χ2v) is 6.51. The Balaban J connectivity index is 1.74. The first-order chi connectivity index (χ1) is 11.0. The van der Waals surface area contributed by atoms with E-state index in [0.717, 1.165) is 22.2 Å². The fraction of sp³-hybridized carbons (Fsp3) is 0.263. The lowest BCUT2D eigenvalue weighted by Gasteiger charge is -2.23. The summed E-state index contributed by atoms with van der Waals surface area (Å²) in [6.45, 7) is 5.34. The molecule has 2 aromatic carbocycles. The number of benzene rings is 2. The minimum atomic E-state index is -0.399. The van der Waals surface area contributed by atoms with Crippen molar-refractivity contribution in [2.75, 3.05) is 12.3 Å². The number of hydrogen-bond donors (Lipinski definition) is 2. The number of halogens is 1. The maximum Gasteiger partial charge on any atom is 0.148 e. The van der Waals surface area contributed by atoms with Gasteiger partial charge in [0.15, 0.2) is 0 Å². The number of hydrogen-bond acceptors (Lipinski definition) is 2. The number of anilines is 1. The number of nitrogens with two attached hydrogens (primary N) is 1. The van der Waals surface area contributed by atoms with Gasteiger partial charge in [0.25, 0.3) is 0 Å². The molecule has 120 valence electrons. The Morgan fingerprint density at radius 3 is 2.61 bits per heavy atom. The zero-order chi connectivity index (χ0) is 16.4. The molecule has 3 aromatic rings. The average Bonchev–Trinajstić information content (AvgIpc) is 2.92. The Hall–Kier alpha value is -2.33. The molecule has 0 radical (unpaired) electrons. The summed E-state index contributed by atoms with van der Waals surface area (Å²) in [4.78, 5) is 3.28. The largest absolute Gasteiger partial charge is 0.396 e. The molecule has 0 aliphatic rings. The van der Waals surface area contributed by atoms with Crippen molar-refractivity contribution < 1.29 is 9.13 Å². The van der Waals surface area contributed by atoms with Crippen molar-refractivity contribution in [1.29, 1.82) is 0 Å². The smallest absolute Gasteiger partial charge is 0.148 e. The van der Waals surface area contributed by atoms with Crippen LogP contribution in [0.3, 0.4) is 0 Å². The summed E-state index contributed by atoms with van der Waals surface area (Å²) in [6.07, 6.45) is 0. The van der Waals surface area contributed by atoms with E-state index >= 15 is 0 Å². The molecule has 0 saturated carbocycles. The first-order valence-corrected chi connectivity index (χ1v) is 7.65. The second-order valence-electron chi connectivity index (χ2n) is 6.51. The van der Waals surface area contributed by atoms with Crippen molar-refractivity contribution in [3.8, 4) is 0 Å². The van der Waals surface area contributed by atoms with Crippen LogP contribution in [0.1, 0.15) is 25.1 Å². The Kier molecular flexibility index (Phi) is 4.09. The highest BCUT2D eigenvalue weighted by Crippen LogP contribution is 2.29. The van der Waals surface area contributed by atoms with Gasteiger partial charge in [-0.2, -0.15) is 0 Å². The molecule has 0 saturated heterocycles. The third-order valence-electron chi connectivity index (χ3n) is 4.04. The van der Waals surface area contributed by atoms with Gasteiger partial charge in [-0.1, -0.05) is 44.2 Å². The van der Waals surface area contributed by atoms with Crippen LogP contribution in [0.15, 0.2) is 48.5 Å². The summed E-state index contributed by atoms with van der Waals surface area (Å²) >= 11 is 0. The average molecular weight is 312 g/mol. The van der Waals surface area contributed by atoms with Crippen LogP contribution in [0.5, 0.6) is 0 Å². The van der Waals surface area contributed by atoms with Gasteiger partial charge < -0.3 is 15.5 Å². The number of aromatic nitrogens is 1. The first-order valence-electron chi connectivity index (χ1n) is 7.65. The first kappa shape index (κ1) is 15.6. The maximum absolute atomic E-state index is 13.6. The van der Waals surface area contributed by atoms with Gasteiger partial charge in [0.05, 0.1) is 18.9 Å². The van der Waals surface area contributed by atoms with Gasteiger partial charge in [-0.3, -0.25) is 0 Å². The molecule has 4 heteroatoms. The van der Waals surface area contributed by atoms with Crippen LogP contribution in [0.25, 0.3) is 10.9 Å². The molecule has 1 aromatic heterocycles. The van der Waals surface area contributed by atoms with E-state index in [1.54, 1.807) is 6.07 Å². The van der Waals surface area contributed by atoms with Crippen molar-refractivity contribution in [2.24, 2.45) is 0 Å². The number of nitrogen functional groups attached to an aromatic ring is 1. The predicted molar refractivity (Wildman–Crippen MR) is 91.8 cm³/mol. The monoisotopic (exact) mass is 312 g/mol. The summed E-state index contributed by atoms with van der Waals surface area (Å²) < 4.78 is 19.4. The summed E-state index contributed by atoms with van der Waals surface area (Å²) in [6, 6.07) is 15.2. The van der Waals surface area contributed by atoms with Crippen molar-refractivity contribution in [3.63, 3.8) is 0 Å². The Bertz CT molecular complexity index is 770. The van der Waals surface area contributed by atoms with E-state index in [-0.39, 0.29) is 11.1 Å². The molecule has 0 fully saturated rings. The third-order valence-corrected chi connectivity index (χ3v) is 4.04. The van der Waals surface area contributed by atoms with Gasteiger partial charge >= 0.3 is 0 Å². The van der Waals surface area contributed by atoms with Crippen LogP contribution in [-0.4, -0.2) is 11.6 Å². The Labute approximate surface area is 135 Å². The van der Waals surface area contributed by atoms with E-state index in [0.29, 0.717) is 13.2 Å². The molecule has 0 unspecified atom stereocenters. The highest BCUT2D eigenvalue weighted by molar-refractivity contribution is 5.84. The van der Waals surface area contributed by atoms with Crippen molar-refractivity contribution in [1.82, 2.24) is 4.98 Å². The standard InChI is InChI=1S/C19H21FN2O/c1-19(2,12-23-11-13-6-4-3-5-7-13)18-9-14-8-16(21)15(20)10-17(14)22-18/h3-10,22H,11-12,21H2,1-2H3. The van der Waals surface area contributed by atoms with Crippen molar-refractivity contribution >= 4 is 16.6 Å². The Morgan fingerprint density at radius 2 is 1.87 bits per heavy atom. The maximum atomic E-state index is 13.6. The molecule has 0 bridgehead atoms. The minimum absolute atomic E-state index is 0.168. The van der Waals surface area contributed by atoms with Crippen LogP contribution in [0.2, 0.25) is 0 Å². The number of nitrogens with one attached hydrogen (secondary N) is 1. The molecule has 0 amide bonds. The van der Waals surface area contributed by atoms with E-state index in [1.165, 1.54) is 6.07 Å². The van der Waals surface area contributed by atoms with Gasteiger partial charge in [-0.25, -0.2) is 4.39 Å². The summed E-state index contributed by atoms with van der Waals surface area (Å²) in [5, 5.41) is 0.912. The molecule has 0 spiro atoms. The van der Waals surface area contributed by atoms with E-state index in [9.17, 15) is 4.39 Å². The van der Waals surface area contributed by atoms with Gasteiger partial charge in [-0.05, 0) is 17.7 Å². The predicted octanol–water partition coefficient (Wildman–Crippen LogP) is 4.38. The highest BCUT2D eigenvalue weighted by Gasteiger charge is 2.23. The number of aromatic amines is 1. The van der Waals surface area contributed by atoms with E-state index in [1.807, 2.05) is 36.4 Å².